The van der Waals surface area contributed by atoms with Gasteiger partial charge in [-0.3, -0.25) is 14.6 Å². The number of rotatable bonds is 6. The molecule has 0 unspecified atom stereocenters. The first-order chi connectivity index (χ1) is 11.1. The van der Waals surface area contributed by atoms with E-state index in [0.29, 0.717) is 19.5 Å². The van der Waals surface area contributed by atoms with Gasteiger partial charge in [0.15, 0.2) is 0 Å². The van der Waals surface area contributed by atoms with E-state index in [1.54, 1.807) is 12.4 Å². The van der Waals surface area contributed by atoms with E-state index in [2.05, 4.69) is 4.98 Å². The third kappa shape index (κ3) is 5.05. The smallest absolute Gasteiger partial charge is 0.225 e. The normalized spacial score (nSPS) is 15.5. The van der Waals surface area contributed by atoms with Gasteiger partial charge in [-0.15, -0.1) is 0 Å². The topological polar surface area (TPSA) is 53.5 Å². The maximum Gasteiger partial charge on any atom is 0.225 e. The van der Waals surface area contributed by atoms with Crippen molar-refractivity contribution in [3.8, 4) is 0 Å². The fourth-order valence-electron chi connectivity index (χ4n) is 3.02. The number of aromatic nitrogens is 1. The van der Waals surface area contributed by atoms with Crippen LogP contribution in [0.5, 0.6) is 0 Å². The quantitative estimate of drug-likeness (QED) is 0.807. The summed E-state index contributed by atoms with van der Waals surface area (Å²) in [6.07, 6.45) is 7.47. The number of piperidine rings is 1. The zero-order valence-corrected chi connectivity index (χ0v) is 14.2. The van der Waals surface area contributed by atoms with E-state index >= 15 is 0 Å². The van der Waals surface area contributed by atoms with Crippen molar-refractivity contribution in [2.24, 2.45) is 5.92 Å². The number of hydrogen-bond acceptors (Lipinski definition) is 3. The molecular weight excluding hydrogens is 290 g/mol. The van der Waals surface area contributed by atoms with Crippen molar-refractivity contribution in [3.63, 3.8) is 0 Å². The SMILES string of the molecule is CCCC(=O)N1CCC(C(=O)N(C)CCc2ccncc2)CC1. The lowest BCUT2D eigenvalue weighted by Gasteiger charge is -2.33. The number of likely N-dealkylation sites (tertiary alicyclic amines) is 1. The lowest BCUT2D eigenvalue weighted by Crippen LogP contribution is -2.43. The monoisotopic (exact) mass is 317 g/mol. The van der Waals surface area contributed by atoms with Gasteiger partial charge in [-0.25, -0.2) is 0 Å². The molecule has 0 saturated carbocycles. The van der Waals surface area contributed by atoms with Crippen LogP contribution in [0.25, 0.3) is 0 Å². The van der Waals surface area contributed by atoms with Gasteiger partial charge in [-0.1, -0.05) is 6.92 Å². The molecule has 1 saturated heterocycles. The fraction of sp³-hybridized carbons (Fsp3) is 0.611. The molecule has 5 nitrogen and oxygen atoms in total. The van der Waals surface area contributed by atoms with Gasteiger partial charge < -0.3 is 9.80 Å². The minimum absolute atomic E-state index is 0.0584. The molecule has 0 spiro atoms. The molecule has 1 aliphatic heterocycles. The van der Waals surface area contributed by atoms with Gasteiger partial charge in [0.05, 0.1) is 0 Å². The molecule has 126 valence electrons. The molecule has 0 radical (unpaired) electrons. The Labute approximate surface area is 138 Å². The zero-order valence-electron chi connectivity index (χ0n) is 14.2. The molecule has 2 amide bonds. The average molecular weight is 317 g/mol. The Morgan fingerprint density at radius 1 is 1.26 bits per heavy atom. The van der Waals surface area contributed by atoms with Crippen molar-refractivity contribution >= 4 is 11.8 Å². The Kier molecular flexibility index (Phi) is 6.56. The number of pyridine rings is 1. The molecule has 0 N–H and O–H groups in total. The molecule has 0 aromatic carbocycles. The molecule has 23 heavy (non-hydrogen) atoms. The Bertz CT molecular complexity index is 510. The summed E-state index contributed by atoms with van der Waals surface area (Å²) >= 11 is 0. The van der Waals surface area contributed by atoms with Crippen LogP contribution in [-0.2, 0) is 16.0 Å². The molecule has 0 aliphatic carbocycles. The van der Waals surface area contributed by atoms with E-state index in [9.17, 15) is 9.59 Å². The van der Waals surface area contributed by atoms with Crippen LogP contribution < -0.4 is 0 Å². The van der Waals surface area contributed by atoms with E-state index in [-0.39, 0.29) is 17.7 Å². The first-order valence-corrected chi connectivity index (χ1v) is 8.53. The molecule has 1 aromatic rings. The van der Waals surface area contributed by atoms with Gasteiger partial charge in [0.25, 0.3) is 0 Å². The number of amides is 2. The number of carbonyl (C=O) groups is 2. The van der Waals surface area contributed by atoms with Crippen molar-refractivity contribution in [1.82, 2.24) is 14.8 Å². The Hall–Kier alpha value is -1.91. The first kappa shape index (κ1) is 17.4. The standard InChI is InChI=1S/C18H27N3O2/c1-3-4-17(22)21-13-8-16(9-14-21)18(23)20(2)12-7-15-5-10-19-11-6-15/h5-6,10-11,16H,3-4,7-9,12-14H2,1-2H3. The lowest BCUT2D eigenvalue weighted by atomic mass is 9.95. The molecule has 2 rings (SSSR count). The van der Waals surface area contributed by atoms with Crippen molar-refractivity contribution < 1.29 is 9.59 Å². The number of carbonyl (C=O) groups excluding carboxylic acids is 2. The molecule has 1 fully saturated rings. The summed E-state index contributed by atoms with van der Waals surface area (Å²) in [5.41, 5.74) is 1.19. The third-order valence-corrected chi connectivity index (χ3v) is 4.52. The summed E-state index contributed by atoms with van der Waals surface area (Å²) in [6.45, 7) is 4.17. The van der Waals surface area contributed by atoms with Gasteiger partial charge in [-0.05, 0) is 43.4 Å². The van der Waals surface area contributed by atoms with Crippen LogP contribution >= 0.6 is 0 Å². The Morgan fingerprint density at radius 3 is 2.52 bits per heavy atom. The van der Waals surface area contributed by atoms with Crippen molar-refractivity contribution in [2.75, 3.05) is 26.7 Å². The van der Waals surface area contributed by atoms with Crippen LogP contribution in [-0.4, -0.2) is 53.3 Å². The second-order valence-corrected chi connectivity index (χ2v) is 6.27. The highest BCUT2D eigenvalue weighted by atomic mass is 16.2. The average Bonchev–Trinajstić information content (AvgIpc) is 2.60. The molecule has 1 aliphatic rings. The summed E-state index contributed by atoms with van der Waals surface area (Å²) in [5.74, 6) is 0.495. The first-order valence-electron chi connectivity index (χ1n) is 8.53. The summed E-state index contributed by atoms with van der Waals surface area (Å²) < 4.78 is 0. The second kappa shape index (κ2) is 8.65. The summed E-state index contributed by atoms with van der Waals surface area (Å²) in [7, 11) is 1.87. The van der Waals surface area contributed by atoms with E-state index in [4.69, 9.17) is 0 Å². The lowest BCUT2D eigenvalue weighted by molar-refractivity contribution is -0.139. The van der Waals surface area contributed by atoms with Gasteiger partial charge in [0.1, 0.15) is 0 Å². The maximum absolute atomic E-state index is 12.5. The fourth-order valence-corrected chi connectivity index (χ4v) is 3.02. The number of nitrogens with zero attached hydrogens (tertiary/aromatic N) is 3. The summed E-state index contributed by atoms with van der Waals surface area (Å²) in [6, 6.07) is 3.96. The second-order valence-electron chi connectivity index (χ2n) is 6.27. The third-order valence-electron chi connectivity index (χ3n) is 4.52. The van der Waals surface area contributed by atoms with Crippen LogP contribution in [0.15, 0.2) is 24.5 Å². The van der Waals surface area contributed by atoms with Gasteiger partial charge >= 0.3 is 0 Å². The molecule has 0 bridgehead atoms. The van der Waals surface area contributed by atoms with Crippen molar-refractivity contribution in [3.05, 3.63) is 30.1 Å². The number of hydrogen-bond donors (Lipinski definition) is 0. The van der Waals surface area contributed by atoms with E-state index in [1.807, 2.05) is 35.9 Å². The zero-order chi connectivity index (χ0) is 16.7. The Balaban J connectivity index is 1.76. The van der Waals surface area contributed by atoms with Crippen LogP contribution in [0.1, 0.15) is 38.2 Å². The summed E-state index contributed by atoms with van der Waals surface area (Å²) in [5, 5.41) is 0. The van der Waals surface area contributed by atoms with Gasteiger partial charge in [-0.2, -0.15) is 0 Å². The van der Waals surface area contributed by atoms with Gasteiger partial charge in [0, 0.05) is 51.4 Å². The minimum atomic E-state index is 0.0584. The van der Waals surface area contributed by atoms with Crippen LogP contribution in [0, 0.1) is 5.92 Å². The van der Waals surface area contributed by atoms with Crippen LogP contribution in [0.3, 0.4) is 0 Å². The number of likely N-dealkylation sites (N-methyl/N-ethyl adjacent to an activating group) is 1. The largest absolute Gasteiger partial charge is 0.345 e. The molecule has 1 aromatic heterocycles. The summed E-state index contributed by atoms with van der Waals surface area (Å²) in [4.78, 5) is 32.2. The minimum Gasteiger partial charge on any atom is -0.345 e. The predicted molar refractivity (Wildman–Crippen MR) is 89.8 cm³/mol. The molecule has 5 heteroatoms. The molecular formula is C18H27N3O2. The predicted octanol–water partition coefficient (Wildman–Crippen LogP) is 2.12. The Morgan fingerprint density at radius 2 is 1.91 bits per heavy atom. The van der Waals surface area contributed by atoms with Crippen LogP contribution in [0.4, 0.5) is 0 Å². The van der Waals surface area contributed by atoms with E-state index in [1.165, 1.54) is 5.56 Å². The van der Waals surface area contributed by atoms with E-state index in [0.717, 1.165) is 32.2 Å². The van der Waals surface area contributed by atoms with Crippen LogP contribution in [0.2, 0.25) is 0 Å². The highest BCUT2D eigenvalue weighted by Gasteiger charge is 2.28. The highest BCUT2D eigenvalue weighted by molar-refractivity contribution is 5.80. The maximum atomic E-state index is 12.5. The van der Waals surface area contributed by atoms with E-state index < -0.39 is 0 Å². The molecule has 2 heterocycles. The molecule has 0 atom stereocenters. The van der Waals surface area contributed by atoms with Crippen molar-refractivity contribution in [1.29, 1.82) is 0 Å². The highest BCUT2D eigenvalue weighted by Crippen LogP contribution is 2.20. The van der Waals surface area contributed by atoms with Crippen molar-refractivity contribution in [2.45, 2.75) is 39.0 Å². The van der Waals surface area contributed by atoms with Gasteiger partial charge in [0.2, 0.25) is 11.8 Å².